The van der Waals surface area contributed by atoms with Crippen molar-refractivity contribution in [3.63, 3.8) is 0 Å². The molecule has 0 bridgehead atoms. The molecule has 2 rings (SSSR count). The van der Waals surface area contributed by atoms with Crippen LogP contribution in [0, 0.1) is 13.8 Å². The Morgan fingerprint density at radius 2 is 2.05 bits per heavy atom. The van der Waals surface area contributed by atoms with Crippen LogP contribution in [0.2, 0.25) is 0 Å². The first-order valence-electron chi connectivity index (χ1n) is 6.49. The summed E-state index contributed by atoms with van der Waals surface area (Å²) in [6, 6.07) is 10.1. The SMILES string of the molecule is Cc1cc(C(=O)C(C)Cl)c(C)n1Cc1cccc(Br)c1. The molecule has 0 saturated carbocycles. The van der Waals surface area contributed by atoms with Crippen LogP contribution in [0.5, 0.6) is 0 Å². The van der Waals surface area contributed by atoms with Crippen molar-refractivity contribution in [3.05, 3.63) is 57.3 Å². The zero-order valence-electron chi connectivity index (χ0n) is 11.8. The minimum absolute atomic E-state index is 0.0136. The Kier molecular flexibility index (Phi) is 4.71. The number of Topliss-reactive ketones (excluding diaryl/α,β-unsaturated/α-hetero) is 1. The first-order chi connectivity index (χ1) is 9.40. The number of nitrogens with zero attached hydrogens (tertiary/aromatic N) is 1. The number of aryl methyl sites for hydroxylation is 1. The molecule has 2 aromatic rings. The van der Waals surface area contributed by atoms with Crippen molar-refractivity contribution in [1.29, 1.82) is 0 Å². The summed E-state index contributed by atoms with van der Waals surface area (Å²) in [7, 11) is 0. The zero-order chi connectivity index (χ0) is 14.9. The minimum Gasteiger partial charge on any atom is -0.344 e. The fourth-order valence-corrected chi connectivity index (χ4v) is 2.89. The van der Waals surface area contributed by atoms with Crippen molar-refractivity contribution in [2.45, 2.75) is 32.7 Å². The molecule has 0 aliphatic heterocycles. The van der Waals surface area contributed by atoms with E-state index in [1.807, 2.05) is 32.0 Å². The predicted octanol–water partition coefficient (Wildman–Crippen LogP) is 4.73. The number of rotatable bonds is 4. The molecule has 0 amide bonds. The van der Waals surface area contributed by atoms with E-state index in [1.165, 1.54) is 5.56 Å². The van der Waals surface area contributed by atoms with Gasteiger partial charge >= 0.3 is 0 Å². The highest BCUT2D eigenvalue weighted by Crippen LogP contribution is 2.21. The highest BCUT2D eigenvalue weighted by Gasteiger charge is 2.19. The van der Waals surface area contributed by atoms with E-state index >= 15 is 0 Å². The molecule has 1 aromatic heterocycles. The molecule has 0 aliphatic rings. The second-order valence-corrected chi connectivity index (χ2v) is 6.55. The second kappa shape index (κ2) is 6.15. The van der Waals surface area contributed by atoms with E-state index in [0.717, 1.165) is 28.0 Å². The Morgan fingerprint density at radius 3 is 2.65 bits per heavy atom. The van der Waals surface area contributed by atoms with Gasteiger partial charge in [-0.1, -0.05) is 28.1 Å². The number of carbonyl (C=O) groups is 1. The predicted molar refractivity (Wildman–Crippen MR) is 86.8 cm³/mol. The van der Waals surface area contributed by atoms with E-state index in [-0.39, 0.29) is 5.78 Å². The molecule has 0 fully saturated rings. The maximum Gasteiger partial charge on any atom is 0.182 e. The van der Waals surface area contributed by atoms with Crippen LogP contribution >= 0.6 is 27.5 Å². The quantitative estimate of drug-likeness (QED) is 0.575. The number of ketones is 1. The average molecular weight is 355 g/mol. The summed E-state index contributed by atoms with van der Waals surface area (Å²) in [5.74, 6) is -0.0136. The molecule has 0 spiro atoms. The van der Waals surface area contributed by atoms with E-state index in [4.69, 9.17) is 11.6 Å². The van der Waals surface area contributed by atoms with Gasteiger partial charge in [-0.15, -0.1) is 11.6 Å². The first kappa shape index (κ1) is 15.3. The molecule has 20 heavy (non-hydrogen) atoms. The number of aromatic nitrogens is 1. The lowest BCUT2D eigenvalue weighted by Crippen LogP contribution is -2.12. The van der Waals surface area contributed by atoms with E-state index < -0.39 is 5.38 Å². The molecule has 1 heterocycles. The van der Waals surface area contributed by atoms with Gasteiger partial charge in [-0.2, -0.15) is 0 Å². The summed E-state index contributed by atoms with van der Waals surface area (Å²) < 4.78 is 3.21. The van der Waals surface area contributed by atoms with Gasteiger partial charge < -0.3 is 4.57 Å². The third-order valence-corrected chi connectivity index (χ3v) is 4.12. The lowest BCUT2D eigenvalue weighted by molar-refractivity contribution is 0.0991. The molecule has 0 saturated heterocycles. The second-order valence-electron chi connectivity index (χ2n) is 4.98. The number of hydrogen-bond acceptors (Lipinski definition) is 1. The van der Waals surface area contributed by atoms with Crippen LogP contribution in [0.25, 0.3) is 0 Å². The fourth-order valence-electron chi connectivity index (χ4n) is 2.33. The van der Waals surface area contributed by atoms with Gasteiger partial charge in [0.1, 0.15) is 0 Å². The molecule has 1 aromatic carbocycles. The lowest BCUT2D eigenvalue weighted by atomic mass is 10.1. The molecule has 106 valence electrons. The van der Waals surface area contributed by atoms with E-state index in [0.29, 0.717) is 0 Å². The summed E-state index contributed by atoms with van der Waals surface area (Å²) in [6.07, 6.45) is 0. The van der Waals surface area contributed by atoms with Crippen LogP contribution in [0.1, 0.15) is 34.2 Å². The van der Waals surface area contributed by atoms with E-state index in [1.54, 1.807) is 6.92 Å². The zero-order valence-corrected chi connectivity index (χ0v) is 14.1. The van der Waals surface area contributed by atoms with Crippen LogP contribution in [-0.4, -0.2) is 15.7 Å². The molecule has 0 aliphatic carbocycles. The molecule has 0 radical (unpaired) electrons. The Morgan fingerprint density at radius 1 is 1.35 bits per heavy atom. The largest absolute Gasteiger partial charge is 0.344 e. The van der Waals surface area contributed by atoms with Gasteiger partial charge in [-0.05, 0) is 44.5 Å². The monoisotopic (exact) mass is 353 g/mol. The van der Waals surface area contributed by atoms with Gasteiger partial charge in [-0.25, -0.2) is 0 Å². The van der Waals surface area contributed by atoms with Crippen LogP contribution < -0.4 is 0 Å². The number of alkyl halides is 1. The van der Waals surface area contributed by atoms with E-state index in [2.05, 4.69) is 32.6 Å². The molecular weight excluding hydrogens is 338 g/mol. The average Bonchev–Trinajstić information content (AvgIpc) is 2.66. The maximum atomic E-state index is 12.1. The van der Waals surface area contributed by atoms with E-state index in [9.17, 15) is 4.79 Å². The molecule has 1 unspecified atom stereocenters. The number of benzene rings is 1. The Hall–Kier alpha value is -1.06. The molecule has 2 nitrogen and oxygen atoms in total. The van der Waals surface area contributed by atoms with Crippen LogP contribution in [0.3, 0.4) is 0 Å². The van der Waals surface area contributed by atoms with Crippen molar-refractivity contribution in [2.75, 3.05) is 0 Å². The third kappa shape index (κ3) is 3.15. The van der Waals surface area contributed by atoms with Gasteiger partial charge in [-0.3, -0.25) is 4.79 Å². The Balaban J connectivity index is 2.36. The highest BCUT2D eigenvalue weighted by molar-refractivity contribution is 9.10. The fraction of sp³-hybridized carbons (Fsp3) is 0.312. The van der Waals surface area contributed by atoms with Crippen molar-refractivity contribution in [1.82, 2.24) is 4.57 Å². The summed E-state index contributed by atoms with van der Waals surface area (Å²) >= 11 is 9.39. The Bertz CT molecular complexity index is 646. The van der Waals surface area contributed by atoms with Crippen LogP contribution in [-0.2, 0) is 6.54 Å². The van der Waals surface area contributed by atoms with Gasteiger partial charge in [0.05, 0.1) is 5.38 Å². The van der Waals surface area contributed by atoms with Gasteiger partial charge in [0.2, 0.25) is 0 Å². The third-order valence-electron chi connectivity index (χ3n) is 3.43. The molecule has 1 atom stereocenters. The summed E-state index contributed by atoms with van der Waals surface area (Å²) in [5.41, 5.74) is 3.96. The van der Waals surface area contributed by atoms with Gasteiger partial charge in [0.25, 0.3) is 0 Å². The number of hydrogen-bond donors (Lipinski definition) is 0. The van der Waals surface area contributed by atoms with Crippen molar-refractivity contribution < 1.29 is 4.79 Å². The number of halogens is 2. The summed E-state index contributed by atoms with van der Waals surface area (Å²) in [6.45, 7) is 6.45. The maximum absolute atomic E-state index is 12.1. The van der Waals surface area contributed by atoms with Gasteiger partial charge in [0.15, 0.2) is 5.78 Å². The van der Waals surface area contributed by atoms with Crippen molar-refractivity contribution in [3.8, 4) is 0 Å². The standard InChI is InChI=1S/C16H17BrClNO/c1-10-7-15(16(20)11(2)18)12(3)19(10)9-13-5-4-6-14(17)8-13/h4-8,11H,9H2,1-3H3. The van der Waals surface area contributed by atoms with Crippen LogP contribution in [0.15, 0.2) is 34.8 Å². The lowest BCUT2D eigenvalue weighted by Gasteiger charge is -2.10. The summed E-state index contributed by atoms with van der Waals surface area (Å²) in [5, 5.41) is -0.491. The smallest absolute Gasteiger partial charge is 0.182 e. The first-order valence-corrected chi connectivity index (χ1v) is 7.72. The topological polar surface area (TPSA) is 22.0 Å². The van der Waals surface area contributed by atoms with Crippen molar-refractivity contribution >= 4 is 33.3 Å². The number of carbonyl (C=O) groups excluding carboxylic acids is 1. The Labute approximate surface area is 132 Å². The minimum atomic E-state index is -0.491. The molecule has 0 N–H and O–H groups in total. The highest BCUT2D eigenvalue weighted by atomic mass is 79.9. The normalized spacial score (nSPS) is 12.4. The summed E-state index contributed by atoms with van der Waals surface area (Å²) in [4.78, 5) is 12.1. The van der Waals surface area contributed by atoms with Gasteiger partial charge in [0, 0.05) is 28.0 Å². The molecular formula is C16H17BrClNO. The molecule has 4 heteroatoms. The van der Waals surface area contributed by atoms with Crippen LogP contribution in [0.4, 0.5) is 0 Å². The van der Waals surface area contributed by atoms with Crippen molar-refractivity contribution in [2.24, 2.45) is 0 Å².